The topological polar surface area (TPSA) is 0 Å². The molecule has 0 unspecified atom stereocenters. The van der Waals surface area contributed by atoms with Crippen LogP contribution in [0, 0.1) is 0 Å². The lowest BCUT2D eigenvalue weighted by Crippen LogP contribution is -2.39. The molecule has 0 bridgehead atoms. The lowest BCUT2D eigenvalue weighted by atomic mass is 10.0. The number of benzene rings is 1. The summed E-state index contributed by atoms with van der Waals surface area (Å²) in [5.74, 6) is 0. The van der Waals surface area contributed by atoms with Gasteiger partial charge in [-0.25, -0.2) is 0 Å². The van der Waals surface area contributed by atoms with Gasteiger partial charge >= 0.3 is 0 Å². The summed E-state index contributed by atoms with van der Waals surface area (Å²) in [5.41, 5.74) is 2.73. The van der Waals surface area contributed by atoms with Crippen LogP contribution in [0.2, 0.25) is 19.6 Å². The Morgan fingerprint density at radius 1 is 1.19 bits per heavy atom. The predicted octanol–water partition coefficient (Wildman–Crippen LogP) is 4.44. The smallest absolute Gasteiger partial charge is 0.0783 e. The lowest BCUT2D eigenvalue weighted by molar-refractivity contribution is 0.825. The Balaban J connectivity index is 3.00. The van der Waals surface area contributed by atoms with Crippen molar-refractivity contribution >= 4 is 18.8 Å². The van der Waals surface area contributed by atoms with E-state index >= 15 is 0 Å². The molecule has 0 heterocycles. The average molecular weight is 232 g/mol. The monoisotopic (exact) mass is 232 g/mol. The molecule has 88 valence electrons. The van der Waals surface area contributed by atoms with Gasteiger partial charge in [-0.05, 0) is 24.0 Å². The Morgan fingerprint density at radius 2 is 1.81 bits per heavy atom. The first-order valence-corrected chi connectivity index (χ1v) is 9.74. The highest BCUT2D eigenvalue weighted by atomic mass is 28.3. The second-order valence-electron chi connectivity index (χ2n) is 5.50. The molecule has 16 heavy (non-hydrogen) atoms. The first-order chi connectivity index (χ1) is 7.46. The molecular weight excluding hydrogens is 208 g/mol. The highest BCUT2D eigenvalue weighted by molar-refractivity contribution is 6.89. The van der Waals surface area contributed by atoms with Gasteiger partial charge in [0.05, 0.1) is 8.07 Å². The second kappa shape index (κ2) is 5.49. The molecule has 0 nitrogen and oxygen atoms in total. The van der Waals surface area contributed by atoms with Gasteiger partial charge in [0.1, 0.15) is 0 Å². The van der Waals surface area contributed by atoms with Crippen LogP contribution in [-0.4, -0.2) is 8.07 Å². The standard InChI is InChI=1S/C15H24Si/c1-6-7-10-13(2)14-11-8-9-12-15(14)16(3,4)5/h8-9,11-12H,2,6-7,10H2,1,3-5H3. The predicted molar refractivity (Wildman–Crippen MR) is 78.0 cm³/mol. The van der Waals surface area contributed by atoms with Crippen molar-refractivity contribution in [3.63, 3.8) is 0 Å². The molecule has 0 aliphatic heterocycles. The maximum absolute atomic E-state index is 4.26. The fraction of sp³-hybridized carbons (Fsp3) is 0.467. The first kappa shape index (κ1) is 13.2. The molecule has 1 aromatic carbocycles. The van der Waals surface area contributed by atoms with Gasteiger partial charge < -0.3 is 0 Å². The third kappa shape index (κ3) is 3.34. The average Bonchev–Trinajstić information content (AvgIpc) is 2.24. The molecule has 0 saturated carbocycles. The van der Waals surface area contributed by atoms with Gasteiger partial charge in [-0.15, -0.1) is 0 Å². The highest BCUT2D eigenvalue weighted by Gasteiger charge is 2.20. The minimum absolute atomic E-state index is 1.14. The minimum Gasteiger partial charge on any atom is -0.0952 e. The number of unbranched alkanes of at least 4 members (excludes halogenated alkanes) is 1. The summed E-state index contributed by atoms with van der Waals surface area (Å²) in [7, 11) is -1.24. The second-order valence-corrected chi connectivity index (χ2v) is 10.5. The van der Waals surface area contributed by atoms with Gasteiger partial charge in [0.25, 0.3) is 0 Å². The summed E-state index contributed by atoms with van der Waals surface area (Å²) in [4.78, 5) is 0. The van der Waals surface area contributed by atoms with Crippen molar-refractivity contribution in [2.45, 2.75) is 45.8 Å². The van der Waals surface area contributed by atoms with E-state index in [0.29, 0.717) is 0 Å². The molecule has 0 atom stereocenters. The zero-order valence-electron chi connectivity index (χ0n) is 11.1. The van der Waals surface area contributed by atoms with E-state index in [2.05, 4.69) is 57.4 Å². The summed E-state index contributed by atoms with van der Waals surface area (Å²) in [6.07, 6.45) is 3.63. The summed E-state index contributed by atoms with van der Waals surface area (Å²) < 4.78 is 0. The third-order valence-corrected chi connectivity index (χ3v) is 5.00. The molecule has 0 spiro atoms. The van der Waals surface area contributed by atoms with Gasteiger partial charge in [0, 0.05) is 0 Å². The highest BCUT2D eigenvalue weighted by Crippen LogP contribution is 2.19. The van der Waals surface area contributed by atoms with Gasteiger partial charge in [0.2, 0.25) is 0 Å². The number of allylic oxidation sites excluding steroid dienone is 1. The van der Waals surface area contributed by atoms with Crippen LogP contribution in [0.3, 0.4) is 0 Å². The van der Waals surface area contributed by atoms with E-state index in [0.717, 1.165) is 6.42 Å². The molecule has 0 amide bonds. The zero-order chi connectivity index (χ0) is 12.2. The van der Waals surface area contributed by atoms with Crippen LogP contribution >= 0.6 is 0 Å². The van der Waals surface area contributed by atoms with Crippen LogP contribution in [0.25, 0.3) is 5.57 Å². The van der Waals surface area contributed by atoms with Crippen molar-refractivity contribution in [2.75, 3.05) is 0 Å². The summed E-state index contributed by atoms with van der Waals surface area (Å²) in [6.45, 7) is 13.7. The molecule has 1 heteroatoms. The molecule has 1 aromatic rings. The lowest BCUT2D eigenvalue weighted by Gasteiger charge is -2.22. The molecular formula is C15H24Si. The van der Waals surface area contributed by atoms with E-state index in [1.807, 2.05) is 0 Å². The summed E-state index contributed by atoms with van der Waals surface area (Å²) >= 11 is 0. The van der Waals surface area contributed by atoms with Crippen molar-refractivity contribution in [2.24, 2.45) is 0 Å². The van der Waals surface area contributed by atoms with Crippen molar-refractivity contribution in [1.29, 1.82) is 0 Å². The maximum atomic E-state index is 4.26. The quantitative estimate of drug-likeness (QED) is 0.659. The van der Waals surface area contributed by atoms with Gasteiger partial charge in [-0.2, -0.15) is 0 Å². The Morgan fingerprint density at radius 3 is 2.38 bits per heavy atom. The molecule has 0 aliphatic rings. The van der Waals surface area contributed by atoms with Crippen molar-refractivity contribution in [1.82, 2.24) is 0 Å². The molecule has 0 aliphatic carbocycles. The van der Waals surface area contributed by atoms with Crippen molar-refractivity contribution in [3.8, 4) is 0 Å². The Kier molecular flexibility index (Phi) is 4.54. The Labute approximate surface area is 101 Å². The van der Waals surface area contributed by atoms with E-state index in [4.69, 9.17) is 0 Å². The van der Waals surface area contributed by atoms with Crippen LogP contribution in [0.5, 0.6) is 0 Å². The van der Waals surface area contributed by atoms with Crippen LogP contribution in [0.1, 0.15) is 31.7 Å². The van der Waals surface area contributed by atoms with E-state index in [1.165, 1.54) is 24.0 Å². The molecule has 0 saturated heterocycles. The van der Waals surface area contributed by atoms with E-state index in [-0.39, 0.29) is 0 Å². The summed E-state index contributed by atoms with van der Waals surface area (Å²) in [6, 6.07) is 8.82. The van der Waals surface area contributed by atoms with E-state index in [9.17, 15) is 0 Å². The van der Waals surface area contributed by atoms with Crippen LogP contribution in [0.15, 0.2) is 30.8 Å². The van der Waals surface area contributed by atoms with Gasteiger partial charge in [-0.3, -0.25) is 0 Å². The van der Waals surface area contributed by atoms with Crippen LogP contribution in [-0.2, 0) is 0 Å². The molecule has 0 radical (unpaired) electrons. The summed E-state index contributed by atoms with van der Waals surface area (Å²) in [5, 5.41) is 1.55. The fourth-order valence-electron chi connectivity index (χ4n) is 1.97. The number of rotatable bonds is 5. The van der Waals surface area contributed by atoms with E-state index in [1.54, 1.807) is 5.19 Å². The Hall–Kier alpha value is -0.823. The van der Waals surface area contributed by atoms with Gasteiger partial charge in [0.15, 0.2) is 0 Å². The molecule has 0 N–H and O–H groups in total. The van der Waals surface area contributed by atoms with Crippen molar-refractivity contribution in [3.05, 3.63) is 36.4 Å². The third-order valence-electron chi connectivity index (χ3n) is 2.95. The molecule has 0 aromatic heterocycles. The number of hydrogen-bond donors (Lipinski definition) is 0. The van der Waals surface area contributed by atoms with Crippen molar-refractivity contribution < 1.29 is 0 Å². The maximum Gasteiger partial charge on any atom is 0.0783 e. The minimum atomic E-state index is -1.24. The fourth-order valence-corrected chi connectivity index (χ4v) is 3.63. The van der Waals surface area contributed by atoms with Gasteiger partial charge in [-0.1, -0.05) is 69.0 Å². The van der Waals surface area contributed by atoms with Crippen LogP contribution in [0.4, 0.5) is 0 Å². The first-order valence-electron chi connectivity index (χ1n) is 6.24. The zero-order valence-corrected chi connectivity index (χ0v) is 12.1. The normalized spacial score (nSPS) is 11.5. The van der Waals surface area contributed by atoms with Crippen LogP contribution < -0.4 is 5.19 Å². The van der Waals surface area contributed by atoms with E-state index < -0.39 is 8.07 Å². The Bertz CT molecular complexity index is 358. The SMILES string of the molecule is C=C(CCCC)c1ccccc1[Si](C)(C)C. The molecule has 1 rings (SSSR count). The molecule has 0 fully saturated rings. The largest absolute Gasteiger partial charge is 0.0952 e. The number of hydrogen-bond acceptors (Lipinski definition) is 0.